The van der Waals surface area contributed by atoms with Crippen molar-refractivity contribution in [1.29, 1.82) is 0 Å². The van der Waals surface area contributed by atoms with Crippen LogP contribution in [0.15, 0.2) is 27.8 Å². The van der Waals surface area contributed by atoms with Crippen LogP contribution in [0, 0.1) is 0 Å². The van der Waals surface area contributed by atoms with Crippen molar-refractivity contribution in [1.82, 2.24) is 0 Å². The van der Waals surface area contributed by atoms with Crippen LogP contribution in [0.3, 0.4) is 0 Å². The Kier molecular flexibility index (Phi) is 4.42. The molecule has 0 heterocycles. The van der Waals surface area contributed by atoms with Crippen molar-refractivity contribution in [3.63, 3.8) is 0 Å². The zero-order valence-corrected chi connectivity index (χ0v) is 9.99. The first-order chi connectivity index (χ1) is 7.19. The van der Waals surface area contributed by atoms with Crippen LogP contribution in [0.4, 0.5) is 0 Å². The molecule has 0 saturated heterocycles. The van der Waals surface area contributed by atoms with Gasteiger partial charge in [0.15, 0.2) is 5.84 Å². The Morgan fingerprint density at radius 2 is 2.33 bits per heavy atom. The summed E-state index contributed by atoms with van der Waals surface area (Å²) in [5, 5.41) is 11.4. The monoisotopic (exact) mass is 272 g/mol. The van der Waals surface area contributed by atoms with Gasteiger partial charge in [-0.05, 0) is 40.5 Å². The highest BCUT2D eigenvalue weighted by Gasteiger charge is 2.05. The Bertz CT molecular complexity index is 366. The summed E-state index contributed by atoms with van der Waals surface area (Å²) in [7, 11) is 0. The van der Waals surface area contributed by atoms with Crippen LogP contribution < -0.4 is 10.5 Å². The molecular weight excluding hydrogens is 260 g/mol. The molecule has 82 valence electrons. The standard InChI is InChI=1S/C10H13BrN2O2/c1-2-5-15-9-4-3-7(6-8(9)11)10(12)13-14/h3-4,6,14H,2,5H2,1H3,(H2,12,13). The molecule has 1 rings (SSSR count). The molecular formula is C10H13BrN2O2. The number of ether oxygens (including phenoxy) is 1. The SMILES string of the molecule is CCCOc1ccc(/C(N)=N/O)cc1Br. The van der Waals surface area contributed by atoms with Crippen molar-refractivity contribution in [3.8, 4) is 5.75 Å². The highest BCUT2D eigenvalue weighted by atomic mass is 79.9. The molecule has 5 heteroatoms. The predicted octanol–water partition coefficient (Wildman–Crippen LogP) is 2.33. The van der Waals surface area contributed by atoms with Gasteiger partial charge in [-0.15, -0.1) is 0 Å². The highest BCUT2D eigenvalue weighted by Crippen LogP contribution is 2.26. The molecule has 0 aliphatic rings. The van der Waals surface area contributed by atoms with Gasteiger partial charge in [0.2, 0.25) is 0 Å². The number of hydrogen-bond donors (Lipinski definition) is 2. The molecule has 3 N–H and O–H groups in total. The number of nitrogens with two attached hydrogens (primary N) is 1. The molecule has 1 aromatic rings. The van der Waals surface area contributed by atoms with Crippen molar-refractivity contribution in [2.45, 2.75) is 13.3 Å². The molecule has 1 aromatic carbocycles. The first-order valence-electron chi connectivity index (χ1n) is 4.59. The van der Waals surface area contributed by atoms with Gasteiger partial charge in [-0.3, -0.25) is 0 Å². The molecule has 0 aliphatic carbocycles. The van der Waals surface area contributed by atoms with Crippen LogP contribution in [0.25, 0.3) is 0 Å². The van der Waals surface area contributed by atoms with E-state index in [1.165, 1.54) is 0 Å². The molecule has 0 radical (unpaired) electrons. The summed E-state index contributed by atoms with van der Waals surface area (Å²) < 4.78 is 6.26. The summed E-state index contributed by atoms with van der Waals surface area (Å²) in [6.07, 6.45) is 0.953. The molecule has 0 unspecified atom stereocenters. The van der Waals surface area contributed by atoms with E-state index in [0.717, 1.165) is 16.6 Å². The molecule has 0 spiro atoms. The molecule has 0 bridgehead atoms. The highest BCUT2D eigenvalue weighted by molar-refractivity contribution is 9.10. The van der Waals surface area contributed by atoms with Crippen LogP contribution in [-0.2, 0) is 0 Å². The number of amidine groups is 1. The molecule has 0 atom stereocenters. The van der Waals surface area contributed by atoms with Gasteiger partial charge in [0.05, 0.1) is 11.1 Å². The first-order valence-corrected chi connectivity index (χ1v) is 5.38. The third-order valence-corrected chi connectivity index (χ3v) is 2.42. The Balaban J connectivity index is 2.88. The number of rotatable bonds is 4. The number of halogens is 1. The van der Waals surface area contributed by atoms with Gasteiger partial charge in [-0.1, -0.05) is 12.1 Å². The van der Waals surface area contributed by atoms with Crippen molar-refractivity contribution in [2.24, 2.45) is 10.9 Å². The number of nitrogens with zero attached hydrogens (tertiary/aromatic N) is 1. The average Bonchev–Trinajstić information content (AvgIpc) is 2.26. The molecule has 0 aliphatic heterocycles. The molecule has 0 fully saturated rings. The van der Waals surface area contributed by atoms with Gasteiger partial charge in [-0.2, -0.15) is 0 Å². The summed E-state index contributed by atoms with van der Waals surface area (Å²) in [6.45, 7) is 2.71. The van der Waals surface area contributed by atoms with E-state index in [2.05, 4.69) is 21.1 Å². The second-order valence-electron chi connectivity index (χ2n) is 2.98. The fourth-order valence-corrected chi connectivity index (χ4v) is 1.54. The van der Waals surface area contributed by atoms with Gasteiger partial charge >= 0.3 is 0 Å². The largest absolute Gasteiger partial charge is 0.492 e. The van der Waals surface area contributed by atoms with E-state index in [4.69, 9.17) is 15.7 Å². The van der Waals surface area contributed by atoms with Crippen LogP contribution in [0.1, 0.15) is 18.9 Å². The third-order valence-electron chi connectivity index (χ3n) is 1.80. The predicted molar refractivity (Wildman–Crippen MR) is 62.4 cm³/mol. The van der Waals surface area contributed by atoms with Gasteiger partial charge < -0.3 is 15.7 Å². The summed E-state index contributed by atoms with van der Waals surface area (Å²) in [5.41, 5.74) is 6.10. The Labute approximate surface area is 96.9 Å². The average molecular weight is 273 g/mol. The van der Waals surface area contributed by atoms with Gasteiger partial charge in [0.25, 0.3) is 0 Å². The summed E-state index contributed by atoms with van der Waals surface area (Å²) in [4.78, 5) is 0. The van der Waals surface area contributed by atoms with Crippen molar-refractivity contribution >= 4 is 21.8 Å². The summed E-state index contributed by atoms with van der Waals surface area (Å²) in [5.74, 6) is 0.837. The second-order valence-corrected chi connectivity index (χ2v) is 3.83. The van der Waals surface area contributed by atoms with Gasteiger partial charge in [-0.25, -0.2) is 0 Å². The minimum Gasteiger partial charge on any atom is -0.492 e. The van der Waals surface area contributed by atoms with Crippen molar-refractivity contribution < 1.29 is 9.94 Å². The lowest BCUT2D eigenvalue weighted by molar-refractivity contribution is 0.315. The van der Waals surface area contributed by atoms with Crippen molar-refractivity contribution in [3.05, 3.63) is 28.2 Å². The van der Waals surface area contributed by atoms with E-state index in [9.17, 15) is 0 Å². The number of hydrogen-bond acceptors (Lipinski definition) is 3. The summed E-state index contributed by atoms with van der Waals surface area (Å²) in [6, 6.07) is 5.28. The first kappa shape index (κ1) is 11.8. The molecule has 15 heavy (non-hydrogen) atoms. The fourth-order valence-electron chi connectivity index (χ4n) is 1.05. The lowest BCUT2D eigenvalue weighted by Crippen LogP contribution is -2.13. The fraction of sp³-hybridized carbons (Fsp3) is 0.300. The third kappa shape index (κ3) is 3.13. The maximum absolute atomic E-state index is 8.51. The molecule has 4 nitrogen and oxygen atoms in total. The van der Waals surface area contributed by atoms with Crippen LogP contribution in [0.5, 0.6) is 5.75 Å². The molecule has 0 aromatic heterocycles. The molecule has 0 saturated carbocycles. The second kappa shape index (κ2) is 5.60. The lowest BCUT2D eigenvalue weighted by Gasteiger charge is -2.08. The van der Waals surface area contributed by atoms with E-state index in [1.807, 2.05) is 6.92 Å². The number of benzene rings is 1. The maximum atomic E-state index is 8.51. The van der Waals surface area contributed by atoms with Crippen LogP contribution >= 0.6 is 15.9 Å². The minimum absolute atomic E-state index is 0.0812. The van der Waals surface area contributed by atoms with Crippen LogP contribution in [-0.4, -0.2) is 17.6 Å². The lowest BCUT2D eigenvalue weighted by atomic mass is 10.2. The minimum atomic E-state index is 0.0812. The van der Waals surface area contributed by atoms with Crippen LogP contribution in [0.2, 0.25) is 0 Å². The topological polar surface area (TPSA) is 67.8 Å². The quantitative estimate of drug-likeness (QED) is 0.383. The number of oxime groups is 1. The summed E-state index contributed by atoms with van der Waals surface area (Å²) >= 11 is 3.36. The zero-order chi connectivity index (χ0) is 11.3. The zero-order valence-electron chi connectivity index (χ0n) is 8.40. The van der Waals surface area contributed by atoms with Gasteiger partial charge in [0.1, 0.15) is 5.75 Å². The van der Waals surface area contributed by atoms with E-state index in [0.29, 0.717) is 12.2 Å². The smallest absolute Gasteiger partial charge is 0.170 e. The normalized spacial score (nSPS) is 11.5. The van der Waals surface area contributed by atoms with Crippen molar-refractivity contribution in [2.75, 3.05) is 6.61 Å². The Hall–Kier alpha value is -1.23. The van der Waals surface area contributed by atoms with Gasteiger partial charge in [0, 0.05) is 5.56 Å². The molecule has 0 amide bonds. The van der Waals surface area contributed by atoms with E-state index in [-0.39, 0.29) is 5.84 Å². The Morgan fingerprint density at radius 1 is 1.60 bits per heavy atom. The van der Waals surface area contributed by atoms with E-state index in [1.54, 1.807) is 18.2 Å². The van der Waals surface area contributed by atoms with E-state index < -0.39 is 0 Å². The maximum Gasteiger partial charge on any atom is 0.170 e. The Morgan fingerprint density at radius 3 is 2.87 bits per heavy atom. The van der Waals surface area contributed by atoms with E-state index >= 15 is 0 Å².